The van der Waals surface area contributed by atoms with Crippen LogP contribution in [0.5, 0.6) is 0 Å². The zero-order valence-electron chi connectivity index (χ0n) is 13.0. The lowest BCUT2D eigenvalue weighted by atomic mass is 10.1. The smallest absolute Gasteiger partial charge is 0.221 e. The van der Waals surface area contributed by atoms with Crippen molar-refractivity contribution in [3.05, 3.63) is 60.1 Å². The largest absolute Gasteiger partial charge is 0.360 e. The summed E-state index contributed by atoms with van der Waals surface area (Å²) in [7, 11) is 0. The van der Waals surface area contributed by atoms with Gasteiger partial charge in [-0.15, -0.1) is 11.3 Å². The summed E-state index contributed by atoms with van der Waals surface area (Å²) in [6, 6.07) is 15.9. The number of carbonyl (C=O) groups excluding carboxylic acids is 1. The Hall–Kier alpha value is -2.92. The quantitative estimate of drug-likeness (QED) is 0.559. The average molecular weight is 333 g/mol. The van der Waals surface area contributed by atoms with Gasteiger partial charge in [-0.2, -0.15) is 0 Å². The second kappa shape index (κ2) is 5.94. The van der Waals surface area contributed by atoms with Crippen LogP contribution in [-0.2, 0) is 4.79 Å². The molecule has 0 aliphatic carbocycles. The molecule has 0 fully saturated rings. The molecule has 0 aliphatic heterocycles. The monoisotopic (exact) mass is 333 g/mol. The average Bonchev–Trinajstić information content (AvgIpc) is 3.21. The summed E-state index contributed by atoms with van der Waals surface area (Å²) >= 11 is 1.63. The van der Waals surface area contributed by atoms with E-state index in [1.54, 1.807) is 11.3 Å². The fourth-order valence-corrected chi connectivity index (χ4v) is 3.57. The van der Waals surface area contributed by atoms with Crippen LogP contribution < -0.4 is 5.32 Å². The van der Waals surface area contributed by atoms with E-state index in [0.29, 0.717) is 0 Å². The van der Waals surface area contributed by atoms with E-state index in [1.807, 2.05) is 42.6 Å². The van der Waals surface area contributed by atoms with Gasteiger partial charge in [0.1, 0.15) is 5.01 Å². The van der Waals surface area contributed by atoms with E-state index in [1.165, 1.54) is 12.3 Å². The van der Waals surface area contributed by atoms with Crippen LogP contribution in [0.3, 0.4) is 0 Å². The minimum Gasteiger partial charge on any atom is -0.360 e. The number of aromatic amines is 1. The zero-order chi connectivity index (χ0) is 16.5. The fourth-order valence-electron chi connectivity index (χ4n) is 2.71. The van der Waals surface area contributed by atoms with Gasteiger partial charge in [0.25, 0.3) is 0 Å². The molecule has 0 aliphatic rings. The molecule has 4 aromatic rings. The maximum Gasteiger partial charge on any atom is 0.221 e. The molecular formula is C19H15N3OS. The summed E-state index contributed by atoms with van der Waals surface area (Å²) in [5, 5.41) is 7.00. The summed E-state index contributed by atoms with van der Waals surface area (Å²) in [5.41, 5.74) is 5.00. The molecule has 0 atom stereocenters. The number of amides is 1. The highest BCUT2D eigenvalue weighted by molar-refractivity contribution is 7.13. The standard InChI is InChI=1S/C19H15N3OS/c1-12(23)21-14-8-6-13(7-9-14)18-11-24-19(22-18)16-10-20-17-5-3-2-4-15(16)17/h2-11,20H,1H3,(H,21,23). The van der Waals surface area contributed by atoms with Crippen molar-refractivity contribution in [3.8, 4) is 21.8 Å². The first kappa shape index (κ1) is 14.7. The summed E-state index contributed by atoms with van der Waals surface area (Å²) in [5.74, 6) is -0.0713. The molecule has 0 saturated heterocycles. The van der Waals surface area contributed by atoms with E-state index in [4.69, 9.17) is 4.98 Å². The van der Waals surface area contributed by atoms with Gasteiger partial charge in [-0.1, -0.05) is 30.3 Å². The molecular weight excluding hydrogens is 318 g/mol. The van der Waals surface area contributed by atoms with Crippen molar-refractivity contribution in [2.24, 2.45) is 0 Å². The second-order valence-corrected chi connectivity index (χ2v) is 6.40. The third-order valence-electron chi connectivity index (χ3n) is 3.82. The first-order chi connectivity index (χ1) is 11.7. The topological polar surface area (TPSA) is 57.8 Å². The van der Waals surface area contributed by atoms with Gasteiger partial charge in [-0.3, -0.25) is 4.79 Å². The Kier molecular flexibility index (Phi) is 3.63. The predicted octanol–water partition coefficient (Wildman–Crippen LogP) is 4.92. The van der Waals surface area contributed by atoms with Crippen LogP contribution in [0.25, 0.3) is 32.7 Å². The van der Waals surface area contributed by atoms with Crippen molar-refractivity contribution >= 4 is 33.8 Å². The van der Waals surface area contributed by atoms with E-state index in [9.17, 15) is 4.79 Å². The van der Waals surface area contributed by atoms with Crippen LogP contribution in [0, 0.1) is 0 Å². The van der Waals surface area contributed by atoms with E-state index in [0.717, 1.165) is 33.0 Å². The van der Waals surface area contributed by atoms with Crippen molar-refractivity contribution in [2.75, 3.05) is 5.32 Å². The number of carbonyl (C=O) groups is 1. The maximum atomic E-state index is 11.1. The van der Waals surface area contributed by atoms with Crippen LogP contribution in [0.15, 0.2) is 60.1 Å². The number of nitrogens with one attached hydrogen (secondary N) is 2. The molecule has 0 saturated carbocycles. The Labute approximate surface area is 143 Å². The number of para-hydroxylation sites is 1. The number of nitrogens with zero attached hydrogens (tertiary/aromatic N) is 1. The summed E-state index contributed by atoms with van der Waals surface area (Å²) < 4.78 is 0. The molecule has 0 radical (unpaired) electrons. The number of benzene rings is 2. The minimum absolute atomic E-state index is 0.0713. The molecule has 4 nitrogen and oxygen atoms in total. The minimum atomic E-state index is -0.0713. The van der Waals surface area contributed by atoms with E-state index >= 15 is 0 Å². The van der Waals surface area contributed by atoms with Crippen LogP contribution in [0.4, 0.5) is 5.69 Å². The summed E-state index contributed by atoms with van der Waals surface area (Å²) in [6.45, 7) is 1.50. The van der Waals surface area contributed by atoms with Gasteiger partial charge in [0.2, 0.25) is 5.91 Å². The third-order valence-corrected chi connectivity index (χ3v) is 4.70. The molecule has 0 unspecified atom stereocenters. The number of thiazole rings is 1. The third kappa shape index (κ3) is 2.70. The van der Waals surface area contributed by atoms with Crippen LogP contribution >= 0.6 is 11.3 Å². The number of hydrogen-bond acceptors (Lipinski definition) is 3. The van der Waals surface area contributed by atoms with Crippen molar-refractivity contribution in [1.82, 2.24) is 9.97 Å². The summed E-state index contributed by atoms with van der Waals surface area (Å²) in [4.78, 5) is 19.1. The zero-order valence-corrected chi connectivity index (χ0v) is 13.9. The van der Waals surface area contributed by atoms with Gasteiger partial charge in [0.05, 0.1) is 5.69 Å². The number of aromatic nitrogens is 2. The number of fused-ring (bicyclic) bond motifs is 1. The number of H-pyrrole nitrogens is 1. The van der Waals surface area contributed by atoms with Crippen molar-refractivity contribution < 1.29 is 4.79 Å². The lowest BCUT2D eigenvalue weighted by molar-refractivity contribution is -0.114. The van der Waals surface area contributed by atoms with Gasteiger partial charge in [0, 0.05) is 46.2 Å². The highest BCUT2D eigenvalue weighted by Crippen LogP contribution is 2.33. The Morgan fingerprint density at radius 1 is 1.12 bits per heavy atom. The first-order valence-corrected chi connectivity index (χ1v) is 8.49. The van der Waals surface area contributed by atoms with Crippen molar-refractivity contribution in [3.63, 3.8) is 0 Å². The highest BCUT2D eigenvalue weighted by Gasteiger charge is 2.11. The van der Waals surface area contributed by atoms with Crippen LogP contribution in [0.2, 0.25) is 0 Å². The van der Waals surface area contributed by atoms with Crippen LogP contribution in [0.1, 0.15) is 6.92 Å². The predicted molar refractivity (Wildman–Crippen MR) is 99.1 cm³/mol. The van der Waals surface area contributed by atoms with Gasteiger partial charge in [-0.05, 0) is 18.2 Å². The van der Waals surface area contributed by atoms with Gasteiger partial charge >= 0.3 is 0 Å². The molecule has 4 rings (SSSR count). The molecule has 2 N–H and O–H groups in total. The lowest BCUT2D eigenvalue weighted by Gasteiger charge is -2.02. The molecule has 24 heavy (non-hydrogen) atoms. The Morgan fingerprint density at radius 2 is 1.92 bits per heavy atom. The SMILES string of the molecule is CC(=O)Nc1ccc(-c2csc(-c3c[nH]c4ccccc34)n2)cc1. The Bertz CT molecular complexity index is 1010. The van der Waals surface area contributed by atoms with Gasteiger partial charge in [-0.25, -0.2) is 4.98 Å². The van der Waals surface area contributed by atoms with Gasteiger partial charge < -0.3 is 10.3 Å². The van der Waals surface area contributed by atoms with E-state index in [2.05, 4.69) is 27.8 Å². The number of anilines is 1. The summed E-state index contributed by atoms with van der Waals surface area (Å²) in [6.07, 6.45) is 2.01. The molecule has 118 valence electrons. The van der Waals surface area contributed by atoms with Crippen molar-refractivity contribution in [2.45, 2.75) is 6.92 Å². The van der Waals surface area contributed by atoms with Crippen LogP contribution in [-0.4, -0.2) is 15.9 Å². The Balaban J connectivity index is 1.66. The van der Waals surface area contributed by atoms with E-state index in [-0.39, 0.29) is 5.91 Å². The first-order valence-electron chi connectivity index (χ1n) is 7.61. The molecule has 2 aromatic carbocycles. The highest BCUT2D eigenvalue weighted by atomic mass is 32.1. The number of hydrogen-bond donors (Lipinski definition) is 2. The fraction of sp³-hybridized carbons (Fsp3) is 0.0526. The Morgan fingerprint density at radius 3 is 2.71 bits per heavy atom. The van der Waals surface area contributed by atoms with E-state index < -0.39 is 0 Å². The molecule has 0 bridgehead atoms. The molecule has 1 amide bonds. The number of rotatable bonds is 3. The molecule has 5 heteroatoms. The lowest BCUT2D eigenvalue weighted by Crippen LogP contribution is -2.05. The maximum absolute atomic E-state index is 11.1. The van der Waals surface area contributed by atoms with Gasteiger partial charge in [0.15, 0.2) is 0 Å². The molecule has 0 spiro atoms. The van der Waals surface area contributed by atoms with Crippen molar-refractivity contribution in [1.29, 1.82) is 0 Å². The second-order valence-electron chi connectivity index (χ2n) is 5.54. The normalized spacial score (nSPS) is 10.9. The molecule has 2 aromatic heterocycles. The molecule has 2 heterocycles.